The number of ether oxygens (including phenoxy) is 1. The normalized spacial score (nSPS) is 28.9. The Hall–Kier alpha value is -3.00. The molecule has 0 aliphatic carbocycles. The lowest BCUT2D eigenvalue weighted by Gasteiger charge is -2.28. The molecule has 2 saturated heterocycles. The zero-order valence-electron chi connectivity index (χ0n) is 17.1. The monoisotopic (exact) mass is 407 g/mol. The molecule has 0 unspecified atom stereocenters. The molecule has 0 aromatic carbocycles. The maximum Gasteiger partial charge on any atom is 0.230 e. The molecular weight excluding hydrogens is 382 g/mol. The van der Waals surface area contributed by atoms with Crippen LogP contribution < -0.4 is 0 Å². The van der Waals surface area contributed by atoms with Crippen molar-refractivity contribution in [3.05, 3.63) is 60.5 Å². The second-order valence-corrected chi connectivity index (χ2v) is 8.38. The summed E-state index contributed by atoms with van der Waals surface area (Å²) >= 11 is 0. The van der Waals surface area contributed by atoms with Crippen molar-refractivity contribution in [1.82, 2.24) is 24.3 Å². The van der Waals surface area contributed by atoms with E-state index >= 15 is 0 Å². The Labute approximate surface area is 175 Å². The van der Waals surface area contributed by atoms with E-state index in [0.717, 1.165) is 11.4 Å². The maximum atomic E-state index is 13.3. The molecule has 2 amide bonds. The van der Waals surface area contributed by atoms with Crippen LogP contribution in [0.1, 0.15) is 11.4 Å². The van der Waals surface area contributed by atoms with E-state index in [9.17, 15) is 9.59 Å². The van der Waals surface area contributed by atoms with Crippen LogP contribution in [-0.2, 0) is 27.4 Å². The highest BCUT2D eigenvalue weighted by atomic mass is 16.5. The maximum absolute atomic E-state index is 13.3. The van der Waals surface area contributed by atoms with E-state index in [1.54, 1.807) is 35.4 Å². The van der Waals surface area contributed by atoms with Crippen molar-refractivity contribution < 1.29 is 14.3 Å². The number of nitrogens with zero attached hydrogens (tertiary/aromatic N) is 5. The van der Waals surface area contributed by atoms with Crippen molar-refractivity contribution in [1.29, 1.82) is 0 Å². The Bertz CT molecular complexity index is 1000. The number of amides is 2. The molecule has 8 heteroatoms. The van der Waals surface area contributed by atoms with Crippen molar-refractivity contribution >= 4 is 11.8 Å². The number of aromatic nitrogens is 3. The van der Waals surface area contributed by atoms with Crippen molar-refractivity contribution in [2.75, 3.05) is 20.1 Å². The summed E-state index contributed by atoms with van der Waals surface area (Å²) < 4.78 is 8.24. The van der Waals surface area contributed by atoms with Crippen LogP contribution in [0, 0.1) is 18.8 Å². The van der Waals surface area contributed by atoms with Crippen molar-refractivity contribution in [3.8, 4) is 0 Å². The molecule has 156 valence electrons. The van der Waals surface area contributed by atoms with Gasteiger partial charge in [0.15, 0.2) is 0 Å². The molecule has 3 aliphatic rings. The molecule has 2 fully saturated rings. The molecule has 0 radical (unpaired) electrons. The first-order valence-electron chi connectivity index (χ1n) is 10.3. The van der Waals surface area contributed by atoms with Gasteiger partial charge in [-0.1, -0.05) is 18.2 Å². The third kappa shape index (κ3) is 2.94. The number of hydrogen-bond acceptors (Lipinski definition) is 5. The van der Waals surface area contributed by atoms with Gasteiger partial charge in [0.25, 0.3) is 0 Å². The molecule has 30 heavy (non-hydrogen) atoms. The molecular formula is C22H25N5O3. The van der Waals surface area contributed by atoms with Gasteiger partial charge in [0, 0.05) is 51.5 Å². The Morgan fingerprint density at radius 2 is 2.27 bits per heavy atom. The molecule has 2 bridgehead atoms. The zero-order chi connectivity index (χ0) is 20.9. The van der Waals surface area contributed by atoms with Crippen LogP contribution in [0.3, 0.4) is 0 Å². The molecule has 4 atom stereocenters. The number of carbonyl (C=O) groups excluding carboxylic acids is 2. The van der Waals surface area contributed by atoms with Crippen LogP contribution in [0.5, 0.6) is 0 Å². The predicted molar refractivity (Wildman–Crippen MR) is 108 cm³/mol. The van der Waals surface area contributed by atoms with E-state index in [0.29, 0.717) is 26.2 Å². The summed E-state index contributed by atoms with van der Waals surface area (Å²) in [5, 5.41) is 0. The third-order valence-corrected chi connectivity index (χ3v) is 6.54. The third-order valence-electron chi connectivity index (χ3n) is 6.54. The van der Waals surface area contributed by atoms with Crippen LogP contribution in [0.15, 0.2) is 49.1 Å². The quantitative estimate of drug-likeness (QED) is 0.668. The van der Waals surface area contributed by atoms with Gasteiger partial charge in [-0.05, 0) is 18.6 Å². The first-order valence-corrected chi connectivity index (χ1v) is 10.3. The second kappa shape index (κ2) is 7.05. The Kier molecular flexibility index (Phi) is 4.47. The first kappa shape index (κ1) is 19.0. The fourth-order valence-corrected chi connectivity index (χ4v) is 4.97. The minimum absolute atomic E-state index is 0.0112. The number of fused-ring (bicyclic) bond motifs is 1. The summed E-state index contributed by atoms with van der Waals surface area (Å²) in [6, 6.07) is 3.81. The van der Waals surface area contributed by atoms with E-state index in [4.69, 9.17) is 4.74 Å². The molecule has 2 aromatic heterocycles. The van der Waals surface area contributed by atoms with E-state index in [1.165, 1.54) is 0 Å². The van der Waals surface area contributed by atoms with Crippen molar-refractivity contribution in [3.63, 3.8) is 0 Å². The Balaban J connectivity index is 1.31. The summed E-state index contributed by atoms with van der Waals surface area (Å²) in [4.78, 5) is 38.5. The summed E-state index contributed by atoms with van der Waals surface area (Å²) in [5.74, 6) is -0.0733. The molecule has 0 N–H and O–H groups in total. The molecule has 1 spiro atoms. The highest BCUT2D eigenvalue weighted by Crippen LogP contribution is 2.52. The van der Waals surface area contributed by atoms with Gasteiger partial charge < -0.3 is 19.1 Å². The molecule has 5 rings (SSSR count). The number of imidazole rings is 1. The average molecular weight is 407 g/mol. The van der Waals surface area contributed by atoms with E-state index in [2.05, 4.69) is 9.97 Å². The van der Waals surface area contributed by atoms with Crippen LogP contribution in [0.2, 0.25) is 0 Å². The standard InChI is InChI=1S/C22H25N5O3/c1-15-24-8-9-26(15)11-10-25(2)20(28)18-17-5-6-22(30-17)14-27(21(29)19(18)22)13-16-4-3-7-23-12-16/h3-9,12,17-19H,10-11,13-14H2,1-2H3/t17-,18+,19+,22-/m0/s1. The molecule has 3 aliphatic heterocycles. The number of likely N-dealkylation sites (tertiary alicyclic amines) is 1. The summed E-state index contributed by atoms with van der Waals surface area (Å²) in [7, 11) is 1.80. The summed E-state index contributed by atoms with van der Waals surface area (Å²) in [6.45, 7) is 4.10. The van der Waals surface area contributed by atoms with Crippen LogP contribution in [0.25, 0.3) is 0 Å². The Morgan fingerprint density at radius 1 is 1.40 bits per heavy atom. The topological polar surface area (TPSA) is 80.6 Å². The lowest BCUT2D eigenvalue weighted by Crippen LogP contribution is -2.45. The smallest absolute Gasteiger partial charge is 0.230 e. The van der Waals surface area contributed by atoms with Gasteiger partial charge in [0.2, 0.25) is 11.8 Å². The van der Waals surface area contributed by atoms with Crippen molar-refractivity contribution in [2.45, 2.75) is 31.7 Å². The number of rotatable bonds is 6. The van der Waals surface area contributed by atoms with Crippen LogP contribution in [-0.4, -0.2) is 68.0 Å². The number of pyridine rings is 1. The lowest BCUT2D eigenvalue weighted by atomic mass is 9.76. The van der Waals surface area contributed by atoms with E-state index < -0.39 is 17.4 Å². The van der Waals surface area contributed by atoms with Gasteiger partial charge in [-0.3, -0.25) is 14.6 Å². The fraction of sp³-hybridized carbons (Fsp3) is 0.455. The number of aryl methyl sites for hydroxylation is 1. The minimum Gasteiger partial charge on any atom is -0.360 e. The molecule has 0 saturated carbocycles. The van der Waals surface area contributed by atoms with Gasteiger partial charge in [-0.15, -0.1) is 0 Å². The van der Waals surface area contributed by atoms with Crippen LogP contribution in [0.4, 0.5) is 0 Å². The predicted octanol–water partition coefficient (Wildman–Crippen LogP) is 1.03. The molecule has 8 nitrogen and oxygen atoms in total. The van der Waals surface area contributed by atoms with Crippen molar-refractivity contribution in [2.24, 2.45) is 11.8 Å². The van der Waals surface area contributed by atoms with Gasteiger partial charge in [0.1, 0.15) is 11.4 Å². The van der Waals surface area contributed by atoms with Gasteiger partial charge >= 0.3 is 0 Å². The van der Waals surface area contributed by atoms with E-state index in [-0.39, 0.29) is 17.9 Å². The number of carbonyl (C=O) groups is 2. The fourth-order valence-electron chi connectivity index (χ4n) is 4.97. The highest BCUT2D eigenvalue weighted by Gasteiger charge is 2.67. The van der Waals surface area contributed by atoms with E-state index in [1.807, 2.05) is 42.0 Å². The SMILES string of the molecule is Cc1nccn1CCN(C)C(=O)[C@@H]1[C@@H]2C=C[C@@]3(CN(Cc4cccnc4)C(=O)[C@@H]13)O2. The largest absolute Gasteiger partial charge is 0.360 e. The first-order chi connectivity index (χ1) is 14.5. The lowest BCUT2D eigenvalue weighted by molar-refractivity contribution is -0.142. The summed E-state index contributed by atoms with van der Waals surface area (Å²) in [5.41, 5.74) is 0.281. The zero-order valence-corrected chi connectivity index (χ0v) is 17.1. The highest BCUT2D eigenvalue weighted by molar-refractivity contribution is 5.93. The average Bonchev–Trinajstić information content (AvgIpc) is 3.48. The van der Waals surface area contributed by atoms with Gasteiger partial charge in [-0.25, -0.2) is 4.98 Å². The molecule has 2 aromatic rings. The van der Waals surface area contributed by atoms with Crippen LogP contribution >= 0.6 is 0 Å². The van der Waals surface area contributed by atoms with Gasteiger partial charge in [0.05, 0.1) is 24.5 Å². The minimum atomic E-state index is -0.688. The molecule has 5 heterocycles. The number of hydrogen-bond donors (Lipinski definition) is 0. The summed E-state index contributed by atoms with van der Waals surface area (Å²) in [6.07, 6.45) is 10.8. The number of likely N-dealkylation sites (N-methyl/N-ethyl adjacent to an activating group) is 1. The Morgan fingerprint density at radius 3 is 3.00 bits per heavy atom. The second-order valence-electron chi connectivity index (χ2n) is 8.38. The van der Waals surface area contributed by atoms with Gasteiger partial charge in [-0.2, -0.15) is 0 Å².